The Balaban J connectivity index is 2.03. The normalized spacial score (nSPS) is 24.6. The molecule has 0 aromatic rings. The van der Waals surface area contributed by atoms with Crippen LogP contribution in [0.2, 0.25) is 0 Å². The van der Waals surface area contributed by atoms with Crippen LogP contribution in [0.4, 0.5) is 0 Å². The van der Waals surface area contributed by atoms with Crippen LogP contribution in [-0.4, -0.2) is 55.1 Å². The molecule has 83 valence electrons. The highest BCUT2D eigenvalue weighted by Gasteiger charge is 2.24. The first-order valence-corrected chi connectivity index (χ1v) is 4.69. The van der Waals surface area contributed by atoms with E-state index >= 15 is 0 Å². The summed E-state index contributed by atoms with van der Waals surface area (Å²) in [4.78, 5) is 0. The zero-order chi connectivity index (χ0) is 10.4. The van der Waals surface area contributed by atoms with E-state index in [1.54, 1.807) is 0 Å². The molecule has 0 amide bonds. The number of aliphatic hydroxyl groups excluding tert-OH is 2. The van der Waals surface area contributed by atoms with Crippen molar-refractivity contribution in [3.63, 3.8) is 0 Å². The maximum absolute atomic E-state index is 9.02. The van der Waals surface area contributed by atoms with Crippen molar-refractivity contribution in [1.29, 1.82) is 0 Å². The minimum absolute atomic E-state index is 0.0577. The topological polar surface area (TPSA) is 71.5 Å². The highest BCUT2D eigenvalue weighted by atomic mass is 16.7. The van der Waals surface area contributed by atoms with Gasteiger partial charge in [0.2, 0.25) is 0 Å². The lowest BCUT2D eigenvalue weighted by Crippen LogP contribution is -2.26. The van der Waals surface area contributed by atoms with Crippen LogP contribution in [-0.2, 0) is 14.2 Å². The van der Waals surface area contributed by atoms with Crippen LogP contribution >= 0.6 is 0 Å². The molecule has 1 aliphatic rings. The Bertz CT molecular complexity index is 148. The van der Waals surface area contributed by atoms with E-state index in [2.05, 4.69) is 6.92 Å². The number of epoxide rings is 1. The van der Waals surface area contributed by atoms with E-state index in [1.165, 1.54) is 0 Å². The summed E-state index contributed by atoms with van der Waals surface area (Å²) < 4.78 is 15.4. The molecule has 1 rings (SSSR count). The predicted molar refractivity (Wildman–Crippen MR) is 48.5 cm³/mol. The summed E-state index contributed by atoms with van der Waals surface area (Å²) in [6, 6.07) is 0. The second-order valence-corrected chi connectivity index (χ2v) is 3.18. The molecule has 1 fully saturated rings. The third-order valence-electron chi connectivity index (χ3n) is 1.79. The Morgan fingerprint density at radius 2 is 2.21 bits per heavy atom. The van der Waals surface area contributed by atoms with E-state index in [0.29, 0.717) is 13.0 Å². The summed E-state index contributed by atoms with van der Waals surface area (Å²) in [6.45, 7) is 4.64. The SMILES string of the molecule is [CH2]CC(OCC(O)CO)OCC1CO1. The predicted octanol–water partition coefficient (Wildman–Crippen LogP) is -0.678. The molecule has 1 saturated heterocycles. The van der Waals surface area contributed by atoms with Crippen molar-refractivity contribution in [2.75, 3.05) is 26.4 Å². The van der Waals surface area contributed by atoms with Crippen molar-refractivity contribution < 1.29 is 24.4 Å². The molecule has 1 aliphatic heterocycles. The van der Waals surface area contributed by atoms with Crippen LogP contribution < -0.4 is 0 Å². The van der Waals surface area contributed by atoms with E-state index in [4.69, 9.17) is 24.4 Å². The summed E-state index contributed by atoms with van der Waals surface area (Å²) in [5, 5.41) is 17.6. The van der Waals surface area contributed by atoms with Gasteiger partial charge in [0, 0.05) is 0 Å². The van der Waals surface area contributed by atoms with E-state index < -0.39 is 12.4 Å². The van der Waals surface area contributed by atoms with Crippen LogP contribution in [0.5, 0.6) is 0 Å². The summed E-state index contributed by atoms with van der Waals surface area (Å²) >= 11 is 0. The van der Waals surface area contributed by atoms with Crippen molar-refractivity contribution in [2.24, 2.45) is 0 Å². The van der Waals surface area contributed by atoms with Gasteiger partial charge < -0.3 is 24.4 Å². The van der Waals surface area contributed by atoms with Crippen molar-refractivity contribution in [3.8, 4) is 0 Å². The highest BCUT2D eigenvalue weighted by molar-refractivity contribution is 4.68. The Morgan fingerprint density at radius 1 is 1.50 bits per heavy atom. The summed E-state index contributed by atoms with van der Waals surface area (Å²) in [6.07, 6.45) is -0.633. The van der Waals surface area contributed by atoms with Gasteiger partial charge in [0.1, 0.15) is 12.2 Å². The molecule has 14 heavy (non-hydrogen) atoms. The molecule has 0 saturated carbocycles. The van der Waals surface area contributed by atoms with Crippen LogP contribution in [0.3, 0.4) is 0 Å². The Hall–Kier alpha value is -0.200. The first-order chi connectivity index (χ1) is 6.76. The largest absolute Gasteiger partial charge is 0.394 e. The van der Waals surface area contributed by atoms with Gasteiger partial charge in [-0.05, 0) is 13.3 Å². The lowest BCUT2D eigenvalue weighted by molar-refractivity contribution is -0.160. The summed E-state index contributed by atoms with van der Waals surface area (Å²) in [7, 11) is 0. The van der Waals surface area contributed by atoms with Crippen LogP contribution in [0.25, 0.3) is 0 Å². The van der Waals surface area contributed by atoms with Gasteiger partial charge in [-0.1, -0.05) is 0 Å². The molecule has 3 atom stereocenters. The summed E-state index contributed by atoms with van der Waals surface area (Å²) in [5.41, 5.74) is 0. The van der Waals surface area contributed by atoms with Gasteiger partial charge >= 0.3 is 0 Å². The van der Waals surface area contributed by atoms with Gasteiger partial charge in [0.15, 0.2) is 6.29 Å². The van der Waals surface area contributed by atoms with Gasteiger partial charge in [-0.25, -0.2) is 0 Å². The minimum Gasteiger partial charge on any atom is -0.394 e. The van der Waals surface area contributed by atoms with Crippen LogP contribution in [0.15, 0.2) is 0 Å². The Morgan fingerprint density at radius 3 is 2.71 bits per heavy atom. The van der Waals surface area contributed by atoms with Gasteiger partial charge in [-0.3, -0.25) is 0 Å². The molecular formula is C9H17O5. The van der Waals surface area contributed by atoms with Crippen LogP contribution in [0, 0.1) is 6.92 Å². The first-order valence-electron chi connectivity index (χ1n) is 4.69. The lowest BCUT2D eigenvalue weighted by atomic mass is 10.4. The molecular weight excluding hydrogens is 188 g/mol. The van der Waals surface area contributed by atoms with E-state index in [1.807, 2.05) is 0 Å². The second kappa shape index (κ2) is 6.31. The van der Waals surface area contributed by atoms with Crippen LogP contribution in [0.1, 0.15) is 6.42 Å². The lowest BCUT2D eigenvalue weighted by Gasteiger charge is -2.17. The second-order valence-electron chi connectivity index (χ2n) is 3.18. The fraction of sp³-hybridized carbons (Fsp3) is 0.889. The van der Waals surface area contributed by atoms with Gasteiger partial charge in [-0.15, -0.1) is 0 Å². The van der Waals surface area contributed by atoms with Crippen molar-refractivity contribution in [2.45, 2.75) is 24.9 Å². The first kappa shape index (κ1) is 11.9. The number of rotatable bonds is 8. The maximum Gasteiger partial charge on any atom is 0.157 e. The molecule has 0 aliphatic carbocycles. The molecule has 1 radical (unpaired) electrons. The van der Waals surface area contributed by atoms with Crippen molar-refractivity contribution in [3.05, 3.63) is 6.92 Å². The Labute approximate surface area is 83.6 Å². The molecule has 0 bridgehead atoms. The average Bonchev–Trinajstić information content (AvgIpc) is 3.01. The smallest absolute Gasteiger partial charge is 0.157 e. The standard InChI is InChI=1S/C9H17O5/c1-2-9(13-4-7(11)3-10)14-6-8-5-12-8/h7-11H,1-6H2. The molecule has 0 aromatic carbocycles. The number of ether oxygens (including phenoxy) is 3. The highest BCUT2D eigenvalue weighted by Crippen LogP contribution is 2.11. The maximum atomic E-state index is 9.02. The average molecular weight is 205 g/mol. The van der Waals surface area contributed by atoms with E-state index in [9.17, 15) is 0 Å². The minimum atomic E-state index is -0.857. The monoisotopic (exact) mass is 205 g/mol. The molecule has 5 heteroatoms. The van der Waals surface area contributed by atoms with Crippen molar-refractivity contribution in [1.82, 2.24) is 0 Å². The molecule has 0 spiro atoms. The number of hydrogen-bond donors (Lipinski definition) is 2. The zero-order valence-electron chi connectivity index (χ0n) is 8.09. The molecule has 1 heterocycles. The zero-order valence-corrected chi connectivity index (χ0v) is 8.09. The quantitative estimate of drug-likeness (QED) is 0.406. The molecule has 2 N–H and O–H groups in total. The fourth-order valence-corrected chi connectivity index (χ4v) is 0.865. The van der Waals surface area contributed by atoms with Gasteiger partial charge in [0.05, 0.1) is 26.4 Å². The third kappa shape index (κ3) is 4.88. The Kier molecular flexibility index (Phi) is 5.36. The van der Waals surface area contributed by atoms with Gasteiger partial charge in [-0.2, -0.15) is 0 Å². The van der Waals surface area contributed by atoms with Crippen molar-refractivity contribution >= 4 is 0 Å². The fourth-order valence-electron chi connectivity index (χ4n) is 0.865. The van der Waals surface area contributed by atoms with E-state index in [-0.39, 0.29) is 19.3 Å². The van der Waals surface area contributed by atoms with Gasteiger partial charge in [0.25, 0.3) is 0 Å². The third-order valence-corrected chi connectivity index (χ3v) is 1.79. The molecule has 3 unspecified atom stereocenters. The number of aliphatic hydroxyl groups is 2. The van der Waals surface area contributed by atoms with E-state index in [0.717, 1.165) is 6.61 Å². The molecule has 5 nitrogen and oxygen atoms in total. The summed E-state index contributed by atoms with van der Waals surface area (Å²) in [5.74, 6) is 0. The molecule has 0 aromatic heterocycles. The number of hydrogen-bond acceptors (Lipinski definition) is 5.